The van der Waals surface area contributed by atoms with Gasteiger partial charge in [0.1, 0.15) is 18.5 Å². The summed E-state index contributed by atoms with van der Waals surface area (Å²) in [5.41, 5.74) is 0. The highest BCUT2D eigenvalue weighted by Gasteiger charge is 2.39. The Morgan fingerprint density at radius 1 is 0.688 bits per heavy atom. The Labute approximate surface area is 381 Å². The van der Waals surface area contributed by atoms with Crippen LogP contribution in [0.25, 0.3) is 0 Å². The molecular formula is C46H80O16P2. The van der Waals surface area contributed by atoms with E-state index in [1.807, 2.05) is 12.2 Å². The van der Waals surface area contributed by atoms with Gasteiger partial charge >= 0.3 is 27.6 Å². The van der Waals surface area contributed by atoms with Crippen molar-refractivity contribution in [1.29, 1.82) is 0 Å². The van der Waals surface area contributed by atoms with E-state index in [1.165, 1.54) is 38.5 Å². The molecule has 0 saturated heterocycles. The van der Waals surface area contributed by atoms with Crippen molar-refractivity contribution in [2.75, 3.05) is 26.4 Å². The van der Waals surface area contributed by atoms with Crippen molar-refractivity contribution in [2.24, 2.45) is 11.8 Å². The maximum absolute atomic E-state index is 12.8. The quantitative estimate of drug-likeness (QED) is 0.0145. The molecule has 0 amide bonds. The normalized spacial score (nSPS) is 19.6. The van der Waals surface area contributed by atoms with Crippen LogP contribution in [0, 0.1) is 11.8 Å². The van der Waals surface area contributed by atoms with Crippen molar-refractivity contribution < 1.29 is 76.6 Å². The Morgan fingerprint density at radius 3 is 1.94 bits per heavy atom. The Hall–Kier alpha value is -2.33. The van der Waals surface area contributed by atoms with E-state index in [-0.39, 0.29) is 31.0 Å². The van der Waals surface area contributed by atoms with Gasteiger partial charge in [-0.1, -0.05) is 133 Å². The van der Waals surface area contributed by atoms with Crippen LogP contribution in [0.15, 0.2) is 48.6 Å². The van der Waals surface area contributed by atoms with Crippen molar-refractivity contribution in [3.8, 4) is 0 Å². The van der Waals surface area contributed by atoms with E-state index in [1.54, 1.807) is 12.2 Å². The second-order valence-electron chi connectivity index (χ2n) is 16.5. The van der Waals surface area contributed by atoms with Crippen molar-refractivity contribution in [3.05, 3.63) is 48.6 Å². The summed E-state index contributed by atoms with van der Waals surface area (Å²) in [5, 5.41) is 30.6. The van der Waals surface area contributed by atoms with Gasteiger partial charge in [-0.25, -0.2) is 9.13 Å². The molecule has 0 aliphatic heterocycles. The minimum atomic E-state index is -4.90. The summed E-state index contributed by atoms with van der Waals surface area (Å²) in [6.07, 6.45) is 30.2. The van der Waals surface area contributed by atoms with E-state index >= 15 is 0 Å². The molecule has 0 aromatic carbocycles. The molecule has 1 rings (SSSR count). The van der Waals surface area contributed by atoms with E-state index in [0.29, 0.717) is 51.4 Å². The topological polar surface area (TPSA) is 253 Å². The third kappa shape index (κ3) is 33.2. The average Bonchev–Trinajstić information content (AvgIpc) is 3.51. The third-order valence-electron chi connectivity index (χ3n) is 10.6. The standard InChI is InChI=1S/C46H80O16P2/c1-3-5-7-8-9-10-11-12-13-14-15-16-17-18-19-20-25-29-45(51)58-36-40(37-61-64(56,57)60-35-39(48)34-59-63(53,54)55)62-46(52)30-26-22-21-24-28-41-42(44(50)33-43(41)49)32-31-38(47)27-23-6-4-2/h12-13,15-16,18-19,31-32,38-43,47-49H,3-11,14,17,20-30,33-37H2,1-2H3,(H,56,57)(H2,53,54,55)/b13-12-,16-15-,19-18-,32-31+/t38-,39-,40+,41+,42+,43-/m0/s1. The summed E-state index contributed by atoms with van der Waals surface area (Å²) in [6.45, 7) is 1.33. The fourth-order valence-corrected chi connectivity index (χ4v) is 8.13. The fourth-order valence-electron chi connectivity index (χ4n) is 6.97. The second-order valence-corrected chi connectivity index (χ2v) is 19.2. The van der Waals surface area contributed by atoms with Gasteiger partial charge in [0.2, 0.25) is 0 Å². The molecule has 1 aliphatic carbocycles. The van der Waals surface area contributed by atoms with Crippen LogP contribution in [0.3, 0.4) is 0 Å². The zero-order chi connectivity index (χ0) is 47.5. The number of allylic oxidation sites excluding steroid dienone is 7. The zero-order valence-corrected chi connectivity index (χ0v) is 40.1. The first-order valence-electron chi connectivity index (χ1n) is 23.4. The molecule has 0 aromatic rings. The molecular weight excluding hydrogens is 870 g/mol. The van der Waals surface area contributed by atoms with E-state index in [2.05, 4.69) is 47.2 Å². The monoisotopic (exact) mass is 950 g/mol. The molecule has 0 bridgehead atoms. The molecule has 1 aliphatic rings. The number of ether oxygens (including phenoxy) is 2. The number of rotatable bonds is 40. The molecule has 64 heavy (non-hydrogen) atoms. The minimum Gasteiger partial charge on any atom is -0.462 e. The number of phosphoric ester groups is 2. The van der Waals surface area contributed by atoms with Gasteiger partial charge in [0.15, 0.2) is 6.10 Å². The van der Waals surface area contributed by atoms with Crippen LogP contribution in [-0.4, -0.2) is 98.6 Å². The Bertz CT molecular complexity index is 1480. The average molecular weight is 951 g/mol. The maximum atomic E-state index is 12.8. The lowest BCUT2D eigenvalue weighted by Crippen LogP contribution is -2.30. The number of aliphatic hydroxyl groups excluding tert-OH is 3. The highest BCUT2D eigenvalue weighted by Crippen LogP contribution is 2.44. The molecule has 0 aromatic heterocycles. The van der Waals surface area contributed by atoms with Gasteiger partial charge in [-0.2, -0.15) is 0 Å². The summed E-state index contributed by atoms with van der Waals surface area (Å²) >= 11 is 0. The number of Topliss-reactive ketones (excluding diaryl/α,β-unsaturated/α-hetero) is 1. The molecule has 0 radical (unpaired) electrons. The van der Waals surface area contributed by atoms with Crippen molar-refractivity contribution >= 4 is 33.4 Å². The largest absolute Gasteiger partial charge is 0.472 e. The van der Waals surface area contributed by atoms with E-state index < -0.39 is 84.3 Å². The summed E-state index contributed by atoms with van der Waals surface area (Å²) in [7, 11) is -9.79. The summed E-state index contributed by atoms with van der Waals surface area (Å²) in [5.74, 6) is -1.99. The molecule has 18 heteroatoms. The van der Waals surface area contributed by atoms with Crippen molar-refractivity contribution in [1.82, 2.24) is 0 Å². The number of aliphatic hydroxyl groups is 3. The number of carbonyl (C=O) groups is 3. The third-order valence-corrected chi connectivity index (χ3v) is 12.0. The van der Waals surface area contributed by atoms with E-state index in [4.69, 9.17) is 23.8 Å². The van der Waals surface area contributed by atoms with Crippen LogP contribution in [0.5, 0.6) is 0 Å². The van der Waals surface area contributed by atoms with Gasteiger partial charge in [-0.3, -0.25) is 28.0 Å². The summed E-state index contributed by atoms with van der Waals surface area (Å²) in [4.78, 5) is 65.5. The lowest BCUT2D eigenvalue weighted by atomic mass is 9.88. The minimum absolute atomic E-state index is 0.0210. The lowest BCUT2D eigenvalue weighted by Gasteiger charge is -2.20. The van der Waals surface area contributed by atoms with Gasteiger partial charge in [0, 0.05) is 25.2 Å². The second kappa shape index (κ2) is 36.7. The van der Waals surface area contributed by atoms with Crippen molar-refractivity contribution in [3.63, 3.8) is 0 Å². The fraction of sp³-hybridized carbons (Fsp3) is 0.761. The van der Waals surface area contributed by atoms with Gasteiger partial charge < -0.3 is 39.5 Å². The predicted octanol–water partition coefficient (Wildman–Crippen LogP) is 8.82. The first-order chi connectivity index (χ1) is 30.6. The summed E-state index contributed by atoms with van der Waals surface area (Å²) < 4.78 is 47.8. The zero-order valence-electron chi connectivity index (χ0n) is 38.3. The van der Waals surface area contributed by atoms with Gasteiger partial charge in [-0.15, -0.1) is 0 Å². The number of esters is 2. The van der Waals surface area contributed by atoms with Gasteiger partial charge in [0.05, 0.1) is 32.0 Å². The van der Waals surface area contributed by atoms with Crippen LogP contribution in [0.4, 0.5) is 0 Å². The Morgan fingerprint density at radius 2 is 1.25 bits per heavy atom. The van der Waals surface area contributed by atoms with Crippen LogP contribution in [0.1, 0.15) is 162 Å². The predicted molar refractivity (Wildman–Crippen MR) is 245 cm³/mol. The Balaban J connectivity index is 2.56. The molecule has 6 N–H and O–H groups in total. The number of hydrogen-bond acceptors (Lipinski definition) is 13. The molecule has 1 fully saturated rings. The SMILES string of the molecule is CCCCCCCC/C=C\C/C=C\C/C=C\CCCC(=O)OC[C@H](COP(=O)(O)OC[C@@H](O)COP(=O)(O)O)OC(=O)CCCCCC[C@H]1[C@@H](O)CC(=O)[C@@H]1/C=C/[C@@H](O)CCCCC. The number of carbonyl (C=O) groups excluding carboxylic acids is 3. The maximum Gasteiger partial charge on any atom is 0.472 e. The van der Waals surface area contributed by atoms with Crippen LogP contribution in [0.2, 0.25) is 0 Å². The van der Waals surface area contributed by atoms with Crippen LogP contribution in [-0.2, 0) is 46.6 Å². The number of hydrogen-bond donors (Lipinski definition) is 6. The number of phosphoric acid groups is 2. The highest BCUT2D eigenvalue weighted by molar-refractivity contribution is 7.47. The highest BCUT2D eigenvalue weighted by atomic mass is 31.2. The van der Waals surface area contributed by atoms with Gasteiger partial charge in [-0.05, 0) is 63.7 Å². The lowest BCUT2D eigenvalue weighted by molar-refractivity contribution is -0.161. The first-order valence-corrected chi connectivity index (χ1v) is 26.5. The number of unbranched alkanes of at least 4 members (excludes halogenated alkanes) is 12. The summed E-state index contributed by atoms with van der Waals surface area (Å²) in [6, 6.07) is 0. The van der Waals surface area contributed by atoms with E-state index in [0.717, 1.165) is 38.5 Å². The molecule has 1 saturated carbocycles. The molecule has 370 valence electrons. The number of ketones is 1. The molecule has 0 heterocycles. The van der Waals surface area contributed by atoms with Crippen LogP contribution >= 0.6 is 15.6 Å². The van der Waals surface area contributed by atoms with Gasteiger partial charge in [0.25, 0.3) is 0 Å². The Kier molecular flexibility index (Phi) is 34.3. The van der Waals surface area contributed by atoms with Crippen LogP contribution < -0.4 is 0 Å². The molecule has 0 spiro atoms. The van der Waals surface area contributed by atoms with E-state index in [9.17, 15) is 43.7 Å². The first kappa shape index (κ1) is 59.7. The van der Waals surface area contributed by atoms with Crippen molar-refractivity contribution in [2.45, 2.75) is 186 Å². The molecule has 7 atom stereocenters. The molecule has 16 nitrogen and oxygen atoms in total. The molecule has 1 unspecified atom stereocenters. The smallest absolute Gasteiger partial charge is 0.462 e.